The van der Waals surface area contributed by atoms with Gasteiger partial charge in [0.05, 0.1) is 0 Å². The van der Waals surface area contributed by atoms with Crippen LogP contribution in [0.15, 0.2) is 17.7 Å². The zero-order chi connectivity index (χ0) is 8.48. The Morgan fingerprint density at radius 3 is 2.45 bits per heavy atom. The van der Waals surface area contributed by atoms with Gasteiger partial charge in [0.15, 0.2) is 0 Å². The molecule has 4 heteroatoms. The van der Waals surface area contributed by atoms with Gasteiger partial charge in [-0.3, -0.25) is 0 Å². The Balaban J connectivity index is 2.83. The SMILES string of the molecule is FC(F)(F)C1=C[C]=CC(=S)C1. The van der Waals surface area contributed by atoms with Crippen molar-refractivity contribution in [3.8, 4) is 0 Å². The van der Waals surface area contributed by atoms with Crippen molar-refractivity contribution in [2.45, 2.75) is 12.6 Å². The third-order valence-electron chi connectivity index (χ3n) is 1.23. The van der Waals surface area contributed by atoms with Crippen molar-refractivity contribution in [2.24, 2.45) is 0 Å². The van der Waals surface area contributed by atoms with Crippen LogP contribution in [0.2, 0.25) is 0 Å². The van der Waals surface area contributed by atoms with Crippen LogP contribution in [0.25, 0.3) is 0 Å². The fraction of sp³-hybridized carbons (Fsp3) is 0.286. The quantitative estimate of drug-likeness (QED) is 0.512. The average molecular weight is 177 g/mol. The van der Waals surface area contributed by atoms with E-state index in [0.29, 0.717) is 0 Å². The first-order valence-electron chi connectivity index (χ1n) is 2.88. The molecule has 0 aromatic carbocycles. The number of thiocarbonyl (C=S) groups is 1. The average Bonchev–Trinajstić information content (AvgIpc) is 1.86. The van der Waals surface area contributed by atoms with Crippen LogP contribution in [0.4, 0.5) is 13.2 Å². The molecule has 1 rings (SSSR count). The van der Waals surface area contributed by atoms with Crippen LogP contribution in [-0.4, -0.2) is 11.0 Å². The summed E-state index contributed by atoms with van der Waals surface area (Å²) < 4.78 is 35.8. The van der Waals surface area contributed by atoms with E-state index in [1.54, 1.807) is 0 Å². The molecule has 0 saturated heterocycles. The second-order valence-corrected chi connectivity index (χ2v) is 2.65. The van der Waals surface area contributed by atoms with Gasteiger partial charge in [-0.2, -0.15) is 13.2 Å². The molecular formula is C7H4F3S. The van der Waals surface area contributed by atoms with Gasteiger partial charge < -0.3 is 0 Å². The fourth-order valence-corrected chi connectivity index (χ4v) is 0.931. The van der Waals surface area contributed by atoms with Crippen molar-refractivity contribution in [2.75, 3.05) is 0 Å². The molecule has 0 aromatic rings. The Kier molecular flexibility index (Phi) is 2.13. The Bertz CT molecular complexity index is 235. The monoisotopic (exact) mass is 177 g/mol. The van der Waals surface area contributed by atoms with Gasteiger partial charge in [-0.15, -0.1) is 0 Å². The fourth-order valence-electron chi connectivity index (χ4n) is 0.707. The number of rotatable bonds is 0. The molecule has 0 bridgehead atoms. The molecule has 0 unspecified atom stereocenters. The Morgan fingerprint density at radius 2 is 2.09 bits per heavy atom. The Hall–Kier alpha value is -0.640. The molecule has 1 aliphatic rings. The van der Waals surface area contributed by atoms with E-state index < -0.39 is 11.7 Å². The molecule has 1 radical (unpaired) electrons. The van der Waals surface area contributed by atoms with Crippen LogP contribution >= 0.6 is 12.2 Å². The summed E-state index contributed by atoms with van der Waals surface area (Å²) in [7, 11) is 0. The molecular weight excluding hydrogens is 173 g/mol. The molecule has 0 spiro atoms. The maximum absolute atomic E-state index is 11.9. The normalized spacial score (nSPS) is 18.5. The summed E-state index contributed by atoms with van der Waals surface area (Å²) in [6, 6.07) is 0. The number of alkyl halides is 3. The molecule has 11 heavy (non-hydrogen) atoms. The lowest BCUT2D eigenvalue weighted by molar-refractivity contribution is -0.0925. The van der Waals surface area contributed by atoms with Crippen LogP contribution < -0.4 is 0 Å². The molecule has 0 N–H and O–H groups in total. The summed E-state index contributed by atoms with van der Waals surface area (Å²) in [6.45, 7) is 0. The first-order valence-corrected chi connectivity index (χ1v) is 3.29. The van der Waals surface area contributed by atoms with Crippen molar-refractivity contribution in [1.82, 2.24) is 0 Å². The molecule has 0 aliphatic heterocycles. The summed E-state index contributed by atoms with van der Waals surface area (Å²) in [6.07, 6.45) is 0.202. The van der Waals surface area contributed by atoms with Crippen LogP contribution in [0.3, 0.4) is 0 Å². The topological polar surface area (TPSA) is 0 Å². The molecule has 0 aromatic heterocycles. The van der Waals surface area contributed by atoms with E-state index in [0.717, 1.165) is 6.08 Å². The molecule has 0 heterocycles. The highest BCUT2D eigenvalue weighted by atomic mass is 32.1. The number of hydrogen-bond acceptors (Lipinski definition) is 1. The lowest BCUT2D eigenvalue weighted by Gasteiger charge is -2.12. The lowest BCUT2D eigenvalue weighted by Crippen LogP contribution is -2.15. The summed E-state index contributed by atoms with van der Waals surface area (Å²) in [4.78, 5) is 0.278. The highest BCUT2D eigenvalue weighted by Gasteiger charge is 2.33. The molecule has 0 atom stereocenters. The van der Waals surface area contributed by atoms with Crippen LogP contribution in [0.5, 0.6) is 0 Å². The van der Waals surface area contributed by atoms with Gasteiger partial charge in [0, 0.05) is 16.9 Å². The van der Waals surface area contributed by atoms with Crippen LogP contribution in [0.1, 0.15) is 6.42 Å². The van der Waals surface area contributed by atoms with E-state index in [9.17, 15) is 13.2 Å². The van der Waals surface area contributed by atoms with Crippen molar-refractivity contribution in [3.05, 3.63) is 23.8 Å². The minimum Gasteiger partial charge on any atom is -0.166 e. The van der Waals surface area contributed by atoms with E-state index in [4.69, 9.17) is 0 Å². The molecule has 0 amide bonds. The Morgan fingerprint density at radius 1 is 1.45 bits per heavy atom. The van der Waals surface area contributed by atoms with Gasteiger partial charge in [0.25, 0.3) is 0 Å². The van der Waals surface area contributed by atoms with Crippen molar-refractivity contribution >= 4 is 17.1 Å². The highest BCUT2D eigenvalue weighted by Crippen LogP contribution is 2.29. The maximum atomic E-state index is 11.9. The van der Waals surface area contributed by atoms with Crippen molar-refractivity contribution in [3.63, 3.8) is 0 Å². The van der Waals surface area contributed by atoms with Gasteiger partial charge in [0.2, 0.25) is 0 Å². The first kappa shape index (κ1) is 8.46. The van der Waals surface area contributed by atoms with E-state index in [1.807, 2.05) is 0 Å². The smallest absolute Gasteiger partial charge is 0.166 e. The number of halogens is 3. The van der Waals surface area contributed by atoms with Gasteiger partial charge in [-0.05, 0) is 18.2 Å². The maximum Gasteiger partial charge on any atom is 0.413 e. The zero-order valence-electron chi connectivity index (χ0n) is 5.40. The minimum absolute atomic E-state index is 0.189. The standard InChI is InChI=1S/C7H4F3S/c8-7(9,10)5-2-1-3-6(11)4-5/h2-3H,4H2. The molecule has 0 saturated carbocycles. The van der Waals surface area contributed by atoms with E-state index in [2.05, 4.69) is 18.3 Å². The second kappa shape index (κ2) is 2.77. The summed E-state index contributed by atoms with van der Waals surface area (Å²) in [5.74, 6) is 0. The number of hydrogen-bond donors (Lipinski definition) is 0. The van der Waals surface area contributed by atoms with Gasteiger partial charge in [-0.25, -0.2) is 0 Å². The molecule has 59 valence electrons. The summed E-state index contributed by atoms with van der Waals surface area (Å²) >= 11 is 4.59. The van der Waals surface area contributed by atoms with Crippen molar-refractivity contribution < 1.29 is 13.2 Å². The Labute approximate surface area is 67.4 Å². The van der Waals surface area contributed by atoms with E-state index >= 15 is 0 Å². The summed E-state index contributed by atoms with van der Waals surface area (Å²) in [5, 5.41) is 0. The molecule has 0 nitrogen and oxygen atoms in total. The summed E-state index contributed by atoms with van der Waals surface area (Å²) in [5.41, 5.74) is -0.620. The van der Waals surface area contributed by atoms with Crippen LogP contribution in [0, 0.1) is 6.08 Å². The first-order chi connectivity index (χ1) is 5.00. The number of allylic oxidation sites excluding steroid dienone is 4. The van der Waals surface area contributed by atoms with Crippen molar-refractivity contribution in [1.29, 1.82) is 0 Å². The molecule has 0 fully saturated rings. The third kappa shape index (κ3) is 2.15. The van der Waals surface area contributed by atoms with Gasteiger partial charge in [-0.1, -0.05) is 12.2 Å². The second-order valence-electron chi connectivity index (χ2n) is 2.12. The van der Waals surface area contributed by atoms with Gasteiger partial charge in [0.1, 0.15) is 0 Å². The van der Waals surface area contributed by atoms with E-state index in [1.165, 1.54) is 6.08 Å². The largest absolute Gasteiger partial charge is 0.413 e. The predicted molar refractivity (Wildman–Crippen MR) is 39.2 cm³/mol. The zero-order valence-corrected chi connectivity index (χ0v) is 6.22. The van der Waals surface area contributed by atoms with Gasteiger partial charge >= 0.3 is 6.18 Å². The third-order valence-corrected chi connectivity index (χ3v) is 1.49. The lowest BCUT2D eigenvalue weighted by atomic mass is 10.1. The highest BCUT2D eigenvalue weighted by molar-refractivity contribution is 7.80. The predicted octanol–water partition coefficient (Wildman–Crippen LogP) is 2.61. The van der Waals surface area contributed by atoms with E-state index in [-0.39, 0.29) is 11.3 Å². The van der Waals surface area contributed by atoms with Crippen LogP contribution in [-0.2, 0) is 0 Å². The molecule has 1 aliphatic carbocycles. The minimum atomic E-state index is -4.26.